The number of carbonyl (C=O) groups excluding carboxylic acids is 1. The van der Waals surface area contributed by atoms with Crippen LogP contribution in [-0.2, 0) is 4.79 Å². The van der Waals surface area contributed by atoms with Crippen LogP contribution in [0.15, 0.2) is 46.3 Å². The van der Waals surface area contributed by atoms with Crippen LogP contribution >= 0.6 is 11.8 Å². The maximum Gasteiger partial charge on any atom is 0.325 e. The third kappa shape index (κ3) is 3.70. The summed E-state index contributed by atoms with van der Waals surface area (Å²) in [5, 5.41) is 5.12. The molecule has 0 saturated heterocycles. The zero-order valence-corrected chi connectivity index (χ0v) is 19.9. The zero-order valence-electron chi connectivity index (χ0n) is 19.0. The normalized spacial score (nSPS) is 14.3. The lowest BCUT2D eigenvalue weighted by Crippen LogP contribution is -2.60. The van der Waals surface area contributed by atoms with Crippen molar-refractivity contribution in [3.63, 3.8) is 0 Å². The number of H-pyrrole nitrogens is 1. The Balaban J connectivity index is 2.10. The number of nitrogens with one attached hydrogen (secondary N) is 1. The summed E-state index contributed by atoms with van der Waals surface area (Å²) in [5.74, 6) is 1.19. The van der Waals surface area contributed by atoms with Gasteiger partial charge in [-0.1, -0.05) is 30.8 Å². The van der Waals surface area contributed by atoms with Gasteiger partial charge in [-0.15, -0.1) is 0 Å². The fraction of sp³-hybridized carbons (Fsp3) is 0.304. The van der Waals surface area contributed by atoms with E-state index in [0.29, 0.717) is 44.9 Å². The highest BCUT2D eigenvalue weighted by Gasteiger charge is 2.46. The number of aromatic nitrogens is 3. The number of carbonyl (C=O) groups is 1. The van der Waals surface area contributed by atoms with Gasteiger partial charge in [0, 0.05) is 11.5 Å². The van der Waals surface area contributed by atoms with E-state index in [0.717, 1.165) is 0 Å². The van der Waals surface area contributed by atoms with Gasteiger partial charge in [0.1, 0.15) is 0 Å². The molecule has 0 saturated carbocycles. The third-order valence-corrected chi connectivity index (χ3v) is 6.08. The van der Waals surface area contributed by atoms with E-state index in [4.69, 9.17) is 14.2 Å². The quantitative estimate of drug-likeness (QED) is 0.438. The van der Waals surface area contributed by atoms with Crippen LogP contribution in [0.3, 0.4) is 0 Å². The van der Waals surface area contributed by atoms with Crippen molar-refractivity contribution >= 4 is 23.4 Å². The number of thioether (sulfide) groups is 1. The summed E-state index contributed by atoms with van der Waals surface area (Å²) in [4.78, 5) is 31.0. The minimum absolute atomic E-state index is 0.118. The molecule has 0 bridgehead atoms. The molecule has 10 heteroatoms. The van der Waals surface area contributed by atoms with Crippen LogP contribution in [0.5, 0.6) is 17.2 Å². The van der Waals surface area contributed by atoms with Gasteiger partial charge in [-0.05, 0) is 35.2 Å². The topological polar surface area (TPSA) is 97.6 Å². The lowest BCUT2D eigenvalue weighted by atomic mass is 10.0. The van der Waals surface area contributed by atoms with Gasteiger partial charge in [0.15, 0.2) is 11.5 Å². The lowest BCUT2D eigenvalue weighted by Gasteiger charge is -2.32. The number of benzene rings is 2. The number of ether oxygens (including phenoxy) is 3. The van der Waals surface area contributed by atoms with E-state index in [1.807, 2.05) is 30.5 Å². The van der Waals surface area contributed by atoms with Gasteiger partial charge >= 0.3 is 11.3 Å². The number of fused-ring (bicyclic) bond motifs is 3. The fourth-order valence-corrected chi connectivity index (χ4v) is 4.42. The number of methoxy groups -OCH3 is 3. The molecule has 1 aliphatic heterocycles. The molecule has 1 unspecified atom stereocenters. The van der Waals surface area contributed by atoms with Gasteiger partial charge in [-0.3, -0.25) is 14.6 Å². The minimum atomic E-state index is -0.746. The second-order valence-corrected chi connectivity index (χ2v) is 8.02. The largest absolute Gasteiger partial charge is 0.493 e. The van der Waals surface area contributed by atoms with E-state index in [2.05, 4.69) is 10.1 Å². The number of para-hydroxylation sites is 1. The van der Waals surface area contributed by atoms with Crippen molar-refractivity contribution in [2.45, 2.75) is 24.7 Å². The highest BCUT2D eigenvalue weighted by Crippen LogP contribution is 2.43. The Kier molecular flexibility index (Phi) is 6.28. The Hall–Kier alpha value is -3.53. The number of aromatic amines is 1. The molecule has 1 aromatic heterocycles. The molecule has 9 nitrogen and oxygen atoms in total. The summed E-state index contributed by atoms with van der Waals surface area (Å²) in [5.41, 5.74) is 1.99. The van der Waals surface area contributed by atoms with E-state index in [-0.39, 0.29) is 17.9 Å². The van der Waals surface area contributed by atoms with Crippen molar-refractivity contribution < 1.29 is 23.7 Å². The van der Waals surface area contributed by atoms with Crippen molar-refractivity contribution in [2.75, 3.05) is 32.5 Å². The third-order valence-electron chi connectivity index (χ3n) is 5.51. The van der Waals surface area contributed by atoms with Crippen molar-refractivity contribution in [1.29, 1.82) is 0 Å². The standard InChI is InChI=1S/C23H24N4O5S/c1-6-18(28)26-15-10-8-7-9-14(15)19-21(29)24-23(33-5)25-27(19)22(26)13-11-16(30-2)20(32-4)17(12-13)31-3/h7-12,22H,6H2,1-5H3/p+1. The molecule has 0 radical (unpaired) electrons. The van der Waals surface area contributed by atoms with Crippen LogP contribution in [0.25, 0.3) is 11.3 Å². The Morgan fingerprint density at radius 1 is 1.15 bits per heavy atom. The van der Waals surface area contributed by atoms with Crippen molar-refractivity contribution in [1.82, 2.24) is 10.1 Å². The Morgan fingerprint density at radius 3 is 2.39 bits per heavy atom. The number of nitrogens with zero attached hydrogens (tertiary/aromatic N) is 3. The summed E-state index contributed by atoms with van der Waals surface area (Å²) < 4.78 is 18.2. The van der Waals surface area contributed by atoms with E-state index in [1.165, 1.54) is 33.1 Å². The van der Waals surface area contributed by atoms with Gasteiger partial charge in [-0.25, -0.2) is 4.90 Å². The highest BCUT2D eigenvalue weighted by molar-refractivity contribution is 7.98. The molecule has 0 aliphatic carbocycles. The molecule has 1 N–H and O–H groups in total. The molecule has 2 aromatic carbocycles. The molecule has 0 spiro atoms. The number of hydrogen-bond acceptors (Lipinski definition) is 7. The van der Waals surface area contributed by atoms with Crippen molar-refractivity contribution in [3.8, 4) is 28.5 Å². The molecule has 0 fully saturated rings. The molecule has 2 heterocycles. The van der Waals surface area contributed by atoms with E-state index < -0.39 is 6.17 Å². The van der Waals surface area contributed by atoms with Crippen LogP contribution in [0.4, 0.5) is 5.69 Å². The summed E-state index contributed by atoms with van der Waals surface area (Å²) in [6, 6.07) is 10.9. The van der Waals surface area contributed by atoms with Crippen molar-refractivity contribution in [2.24, 2.45) is 0 Å². The summed E-state index contributed by atoms with van der Waals surface area (Å²) >= 11 is 1.31. The first kappa shape index (κ1) is 22.7. The molecular weight excluding hydrogens is 444 g/mol. The molecule has 1 aliphatic rings. The van der Waals surface area contributed by atoms with Gasteiger partial charge in [-0.2, -0.15) is 0 Å². The second-order valence-electron chi connectivity index (χ2n) is 7.22. The predicted octanol–water partition coefficient (Wildman–Crippen LogP) is 2.78. The minimum Gasteiger partial charge on any atom is -0.493 e. The molecule has 33 heavy (non-hydrogen) atoms. The highest BCUT2D eigenvalue weighted by atomic mass is 32.2. The summed E-state index contributed by atoms with van der Waals surface area (Å²) in [6.07, 6.45) is 1.35. The average molecular weight is 470 g/mol. The lowest BCUT2D eigenvalue weighted by molar-refractivity contribution is -0.763. The number of amides is 1. The molecule has 1 amide bonds. The van der Waals surface area contributed by atoms with E-state index in [1.54, 1.807) is 28.6 Å². The van der Waals surface area contributed by atoms with Crippen LogP contribution in [-0.4, -0.2) is 43.6 Å². The molecule has 1 atom stereocenters. The Morgan fingerprint density at radius 2 is 1.82 bits per heavy atom. The molecule has 172 valence electrons. The summed E-state index contributed by atoms with van der Waals surface area (Å²) in [7, 11) is 4.59. The van der Waals surface area contributed by atoms with Crippen LogP contribution < -0.4 is 29.4 Å². The van der Waals surface area contributed by atoms with Crippen LogP contribution in [0, 0.1) is 0 Å². The smallest absolute Gasteiger partial charge is 0.325 e. The first-order chi connectivity index (χ1) is 16.0. The van der Waals surface area contributed by atoms with E-state index in [9.17, 15) is 9.59 Å². The van der Waals surface area contributed by atoms with Crippen molar-refractivity contribution in [3.05, 3.63) is 52.3 Å². The SMILES string of the molecule is CCC(=O)N1c2ccccc2-c2c(=O)[nH]c(SC)n[n+]2C1c1cc(OC)c(OC)c(OC)c1. The van der Waals surface area contributed by atoms with Gasteiger partial charge in [0.05, 0.1) is 38.1 Å². The van der Waals surface area contributed by atoms with E-state index >= 15 is 0 Å². The number of rotatable bonds is 6. The monoisotopic (exact) mass is 469 g/mol. The molecule has 3 aromatic rings. The number of anilines is 1. The maximum absolute atomic E-state index is 13.3. The maximum atomic E-state index is 13.3. The fourth-order valence-electron chi connectivity index (χ4n) is 4.05. The van der Waals surface area contributed by atoms with Crippen LogP contribution in [0.2, 0.25) is 0 Å². The van der Waals surface area contributed by atoms with Crippen LogP contribution in [0.1, 0.15) is 25.1 Å². The second kappa shape index (κ2) is 9.14. The van der Waals surface area contributed by atoms with Gasteiger partial charge in [0.2, 0.25) is 16.8 Å². The Bertz CT molecular complexity index is 1250. The zero-order chi connectivity index (χ0) is 23.7. The molecule has 4 rings (SSSR count). The van der Waals surface area contributed by atoms with Gasteiger partial charge < -0.3 is 14.2 Å². The first-order valence-electron chi connectivity index (χ1n) is 10.3. The number of hydrogen-bond donors (Lipinski definition) is 1. The molecular formula is C23H25N4O5S+. The van der Waals surface area contributed by atoms with Gasteiger partial charge in [0.25, 0.3) is 6.17 Å². The average Bonchev–Trinajstić information content (AvgIpc) is 2.85. The summed E-state index contributed by atoms with van der Waals surface area (Å²) in [6.45, 7) is 1.80. The predicted molar refractivity (Wildman–Crippen MR) is 124 cm³/mol. The first-order valence-corrected chi connectivity index (χ1v) is 11.5. The Labute approximate surface area is 195 Å².